The van der Waals surface area contributed by atoms with Crippen LogP contribution in [0.15, 0.2) is 48.5 Å². The van der Waals surface area contributed by atoms with Crippen molar-refractivity contribution >= 4 is 11.6 Å². The average Bonchev–Trinajstić information content (AvgIpc) is 2.64. The van der Waals surface area contributed by atoms with Gasteiger partial charge in [0.25, 0.3) is 0 Å². The van der Waals surface area contributed by atoms with E-state index in [0.29, 0.717) is 18.4 Å². The van der Waals surface area contributed by atoms with Crippen LogP contribution in [0.5, 0.6) is 0 Å². The number of carbonyl (C=O) groups is 1. The zero-order chi connectivity index (χ0) is 20.1. The predicted octanol–water partition coefficient (Wildman–Crippen LogP) is 5.35. The van der Waals surface area contributed by atoms with Crippen LogP contribution in [0.3, 0.4) is 0 Å². The Bertz CT molecular complexity index is 773. The molecule has 0 N–H and O–H groups in total. The molecular weight excluding hydrogens is 344 g/mol. The van der Waals surface area contributed by atoms with Gasteiger partial charge in [0.1, 0.15) is 0 Å². The predicted molar refractivity (Wildman–Crippen MR) is 118 cm³/mol. The highest BCUT2D eigenvalue weighted by Crippen LogP contribution is 2.26. The third-order valence-electron chi connectivity index (χ3n) is 5.57. The van der Waals surface area contributed by atoms with E-state index in [4.69, 9.17) is 0 Å². The van der Waals surface area contributed by atoms with Gasteiger partial charge in [0, 0.05) is 37.8 Å². The van der Waals surface area contributed by atoms with Crippen LogP contribution in [0.1, 0.15) is 49.8 Å². The van der Waals surface area contributed by atoms with Gasteiger partial charge in [0.2, 0.25) is 5.91 Å². The minimum Gasteiger partial charge on any atom is -0.309 e. The second-order valence-corrected chi connectivity index (χ2v) is 8.69. The Balaban J connectivity index is 1.68. The fraction of sp³-hybridized carbons (Fsp3) is 0.480. The highest BCUT2D eigenvalue weighted by atomic mass is 16.2. The van der Waals surface area contributed by atoms with Crippen LogP contribution in [0.4, 0.5) is 5.69 Å². The number of carbonyl (C=O) groups excluding carboxylic acids is 1. The normalized spacial score (nSPS) is 15.8. The van der Waals surface area contributed by atoms with E-state index in [9.17, 15) is 4.79 Å². The summed E-state index contributed by atoms with van der Waals surface area (Å²) in [5, 5.41) is 0. The summed E-state index contributed by atoms with van der Waals surface area (Å²) < 4.78 is 0. The third-order valence-corrected chi connectivity index (χ3v) is 5.57. The van der Waals surface area contributed by atoms with Crippen molar-refractivity contribution < 1.29 is 4.79 Å². The first-order chi connectivity index (χ1) is 13.4. The molecule has 150 valence electrons. The molecule has 1 amide bonds. The lowest BCUT2D eigenvalue weighted by Crippen LogP contribution is -2.47. The highest BCUT2D eigenvalue weighted by Gasteiger charge is 2.29. The van der Waals surface area contributed by atoms with E-state index in [1.807, 2.05) is 0 Å². The van der Waals surface area contributed by atoms with Gasteiger partial charge in [-0.2, -0.15) is 0 Å². The molecule has 0 saturated carbocycles. The SMILES string of the molecule is Cc1ccc(N(C(=O)CC(C)C)C2CCN(Cc3cccc(C)c3)CC2)cc1. The summed E-state index contributed by atoms with van der Waals surface area (Å²) in [6.07, 6.45) is 2.67. The van der Waals surface area contributed by atoms with Crippen molar-refractivity contribution in [2.75, 3.05) is 18.0 Å². The lowest BCUT2D eigenvalue weighted by atomic mass is 9.99. The van der Waals surface area contributed by atoms with Gasteiger partial charge in [0.05, 0.1) is 0 Å². The van der Waals surface area contributed by atoms with Crippen LogP contribution < -0.4 is 4.90 Å². The molecule has 1 saturated heterocycles. The van der Waals surface area contributed by atoms with Crippen molar-refractivity contribution in [2.45, 2.75) is 59.5 Å². The Morgan fingerprint density at radius 1 is 1.04 bits per heavy atom. The van der Waals surface area contributed by atoms with Crippen molar-refractivity contribution in [1.82, 2.24) is 4.90 Å². The molecule has 3 heteroatoms. The lowest BCUT2D eigenvalue weighted by Gasteiger charge is -2.39. The molecule has 28 heavy (non-hydrogen) atoms. The molecule has 0 bridgehead atoms. The van der Waals surface area contributed by atoms with Gasteiger partial charge in [-0.3, -0.25) is 9.69 Å². The second-order valence-electron chi connectivity index (χ2n) is 8.69. The zero-order valence-corrected chi connectivity index (χ0v) is 17.8. The van der Waals surface area contributed by atoms with Gasteiger partial charge in [-0.25, -0.2) is 0 Å². The minimum atomic E-state index is 0.260. The Morgan fingerprint density at radius 2 is 1.71 bits per heavy atom. The number of piperidine rings is 1. The number of anilines is 1. The van der Waals surface area contributed by atoms with Crippen LogP contribution in [-0.2, 0) is 11.3 Å². The summed E-state index contributed by atoms with van der Waals surface area (Å²) in [5.74, 6) is 0.637. The van der Waals surface area contributed by atoms with E-state index >= 15 is 0 Å². The van der Waals surface area contributed by atoms with Crippen LogP contribution >= 0.6 is 0 Å². The minimum absolute atomic E-state index is 0.260. The number of amides is 1. The van der Waals surface area contributed by atoms with Crippen molar-refractivity contribution in [2.24, 2.45) is 5.92 Å². The van der Waals surface area contributed by atoms with Gasteiger partial charge in [-0.1, -0.05) is 61.4 Å². The van der Waals surface area contributed by atoms with E-state index in [-0.39, 0.29) is 5.91 Å². The standard InChI is InChI=1S/C25H34N2O/c1-19(2)16-25(28)27(23-10-8-20(3)9-11-23)24-12-14-26(15-13-24)18-22-7-5-6-21(4)17-22/h5-11,17,19,24H,12-16,18H2,1-4H3. The van der Waals surface area contributed by atoms with Gasteiger partial charge in [-0.05, 0) is 50.3 Å². The van der Waals surface area contributed by atoms with Gasteiger partial charge >= 0.3 is 0 Å². The summed E-state index contributed by atoms with van der Waals surface area (Å²) in [6, 6.07) is 17.5. The Kier molecular flexibility index (Phi) is 6.90. The van der Waals surface area contributed by atoms with E-state index in [1.54, 1.807) is 0 Å². The third kappa shape index (κ3) is 5.45. The van der Waals surface area contributed by atoms with E-state index in [2.05, 4.69) is 86.0 Å². The smallest absolute Gasteiger partial charge is 0.227 e. The number of nitrogens with zero attached hydrogens (tertiary/aromatic N) is 2. The number of hydrogen-bond acceptors (Lipinski definition) is 2. The van der Waals surface area contributed by atoms with Crippen LogP contribution in [0, 0.1) is 19.8 Å². The van der Waals surface area contributed by atoms with Gasteiger partial charge in [0.15, 0.2) is 0 Å². The first-order valence-corrected chi connectivity index (χ1v) is 10.6. The summed E-state index contributed by atoms with van der Waals surface area (Å²) in [7, 11) is 0. The number of rotatable bonds is 6. The lowest BCUT2D eigenvalue weighted by molar-refractivity contribution is -0.120. The largest absolute Gasteiger partial charge is 0.309 e. The molecule has 2 aromatic carbocycles. The molecule has 0 atom stereocenters. The molecule has 2 aromatic rings. The Hall–Kier alpha value is -2.13. The first-order valence-electron chi connectivity index (χ1n) is 10.6. The van der Waals surface area contributed by atoms with Crippen molar-refractivity contribution in [3.8, 4) is 0 Å². The summed E-state index contributed by atoms with van der Waals surface area (Å²) >= 11 is 0. The van der Waals surface area contributed by atoms with E-state index in [0.717, 1.165) is 38.2 Å². The van der Waals surface area contributed by atoms with Crippen molar-refractivity contribution in [3.05, 3.63) is 65.2 Å². The molecule has 0 radical (unpaired) electrons. The maximum atomic E-state index is 13.1. The van der Waals surface area contributed by atoms with Crippen LogP contribution in [0.25, 0.3) is 0 Å². The van der Waals surface area contributed by atoms with Crippen molar-refractivity contribution in [3.63, 3.8) is 0 Å². The number of aryl methyl sites for hydroxylation is 2. The fourth-order valence-corrected chi connectivity index (χ4v) is 4.12. The molecule has 1 aliphatic heterocycles. The van der Waals surface area contributed by atoms with E-state index < -0.39 is 0 Å². The number of hydrogen-bond donors (Lipinski definition) is 0. The van der Waals surface area contributed by atoms with E-state index in [1.165, 1.54) is 16.7 Å². The second kappa shape index (κ2) is 9.38. The maximum Gasteiger partial charge on any atom is 0.227 e. The topological polar surface area (TPSA) is 23.6 Å². The number of benzene rings is 2. The summed E-state index contributed by atoms with van der Waals surface area (Å²) in [4.78, 5) is 17.7. The molecule has 3 nitrogen and oxygen atoms in total. The highest BCUT2D eigenvalue weighted by molar-refractivity contribution is 5.94. The van der Waals surface area contributed by atoms with Crippen LogP contribution in [0.2, 0.25) is 0 Å². The monoisotopic (exact) mass is 378 g/mol. The van der Waals surface area contributed by atoms with Crippen molar-refractivity contribution in [1.29, 1.82) is 0 Å². The summed E-state index contributed by atoms with van der Waals surface area (Å²) in [6.45, 7) is 11.6. The zero-order valence-electron chi connectivity index (χ0n) is 17.8. The molecule has 0 spiro atoms. The molecule has 0 unspecified atom stereocenters. The molecule has 1 fully saturated rings. The summed E-state index contributed by atoms with van der Waals surface area (Å²) in [5.41, 5.74) is 4.98. The first kappa shape index (κ1) is 20.6. The molecule has 3 rings (SSSR count). The molecule has 1 aliphatic rings. The molecule has 1 heterocycles. The fourth-order valence-electron chi connectivity index (χ4n) is 4.12. The quantitative estimate of drug-likeness (QED) is 0.677. The Labute approximate surface area is 170 Å². The maximum absolute atomic E-state index is 13.1. The van der Waals surface area contributed by atoms with Crippen LogP contribution in [-0.4, -0.2) is 29.9 Å². The Morgan fingerprint density at radius 3 is 2.32 bits per heavy atom. The van der Waals surface area contributed by atoms with Gasteiger partial charge < -0.3 is 4.90 Å². The molecule has 0 aromatic heterocycles. The average molecular weight is 379 g/mol. The molecule has 0 aliphatic carbocycles. The van der Waals surface area contributed by atoms with Gasteiger partial charge in [-0.15, -0.1) is 0 Å². The number of likely N-dealkylation sites (tertiary alicyclic amines) is 1. The molecular formula is C25H34N2O.